The molecule has 5 nitrogen and oxygen atoms in total. The molecule has 1 aliphatic carbocycles. The molecule has 2 rings (SSSR count). The molecule has 21 heavy (non-hydrogen) atoms. The number of cyclic esters (lactones) is 1. The SMILES string of the molecule is C[C@@]1([C@H]([C-]=O)CCO)OC(=O)[C-]1C(=O)[C@@H]1C=CCCC1.[Mn+2]. The zero-order valence-corrected chi connectivity index (χ0v) is 13.0. The van der Waals surface area contributed by atoms with Crippen LogP contribution in [0.25, 0.3) is 0 Å². The van der Waals surface area contributed by atoms with Crippen molar-refractivity contribution < 1.29 is 41.3 Å². The van der Waals surface area contributed by atoms with Crippen molar-refractivity contribution in [3.63, 3.8) is 0 Å². The van der Waals surface area contributed by atoms with E-state index in [1.54, 1.807) is 13.2 Å². The number of allylic oxidation sites excluding steroid dienone is 2. The predicted molar refractivity (Wildman–Crippen MR) is 70.1 cm³/mol. The number of aliphatic hydroxyl groups excluding tert-OH is 1. The van der Waals surface area contributed by atoms with Crippen molar-refractivity contribution in [3.8, 4) is 0 Å². The summed E-state index contributed by atoms with van der Waals surface area (Å²) in [5.74, 6) is -2.01. The molecule has 1 saturated heterocycles. The van der Waals surface area contributed by atoms with E-state index in [4.69, 9.17) is 9.84 Å². The molecule has 1 heterocycles. The fourth-order valence-corrected chi connectivity index (χ4v) is 2.83. The van der Waals surface area contributed by atoms with Gasteiger partial charge in [-0.2, -0.15) is 5.92 Å². The van der Waals surface area contributed by atoms with E-state index in [2.05, 4.69) is 0 Å². The Kier molecular flexibility index (Phi) is 6.20. The molecular weight excluding hydrogens is 315 g/mol. The first kappa shape index (κ1) is 17.9. The Labute approximate surface area is 134 Å². The summed E-state index contributed by atoms with van der Waals surface area (Å²) in [6, 6.07) is 0. The van der Waals surface area contributed by atoms with E-state index in [-0.39, 0.29) is 47.7 Å². The Morgan fingerprint density at radius 3 is 2.86 bits per heavy atom. The molecule has 0 bridgehead atoms. The summed E-state index contributed by atoms with van der Waals surface area (Å²) in [6.07, 6.45) is 8.20. The topological polar surface area (TPSA) is 80.7 Å². The first-order valence-corrected chi connectivity index (χ1v) is 6.84. The molecule has 3 atom stereocenters. The van der Waals surface area contributed by atoms with Gasteiger partial charge in [0.15, 0.2) is 5.97 Å². The molecule has 2 aliphatic rings. The van der Waals surface area contributed by atoms with Crippen molar-refractivity contribution in [1.29, 1.82) is 0 Å². The van der Waals surface area contributed by atoms with Gasteiger partial charge in [0.2, 0.25) is 0 Å². The summed E-state index contributed by atoms with van der Waals surface area (Å²) >= 11 is 0. The molecule has 0 unspecified atom stereocenters. The second-order valence-electron chi connectivity index (χ2n) is 5.38. The third-order valence-electron chi connectivity index (χ3n) is 4.07. The number of hydrogen-bond acceptors (Lipinski definition) is 5. The Hall–Kier alpha value is -1.10. The average molecular weight is 333 g/mol. The van der Waals surface area contributed by atoms with E-state index in [1.165, 1.54) is 0 Å². The van der Waals surface area contributed by atoms with Gasteiger partial charge in [-0.15, -0.1) is 5.92 Å². The van der Waals surface area contributed by atoms with Gasteiger partial charge >= 0.3 is 17.1 Å². The van der Waals surface area contributed by atoms with E-state index < -0.39 is 17.5 Å². The maximum atomic E-state index is 12.4. The first-order chi connectivity index (χ1) is 9.54. The summed E-state index contributed by atoms with van der Waals surface area (Å²) in [5.41, 5.74) is -1.25. The standard InChI is InChI=1S/C15H18O5.Mn/c1-15(11(9-17)7-8-16)12(14(19)20-15)13(18)10-5-3-2-4-6-10;/h3,5,10-11,16H,2,4,6-8H2,1H3;/q-2;+2/t10-,11+,15+;/m1./s1. The van der Waals surface area contributed by atoms with Crippen molar-refractivity contribution in [2.45, 2.75) is 38.2 Å². The van der Waals surface area contributed by atoms with Gasteiger partial charge in [-0.3, -0.25) is 11.1 Å². The van der Waals surface area contributed by atoms with Crippen LogP contribution in [0.3, 0.4) is 0 Å². The molecule has 0 aromatic heterocycles. The van der Waals surface area contributed by atoms with Gasteiger partial charge in [0.1, 0.15) is 0 Å². The fourth-order valence-electron chi connectivity index (χ4n) is 2.83. The third kappa shape index (κ3) is 3.23. The van der Waals surface area contributed by atoms with Crippen LogP contribution in [0.2, 0.25) is 0 Å². The van der Waals surface area contributed by atoms with Gasteiger partial charge in [-0.1, -0.05) is 19.1 Å². The molecule has 1 aliphatic heterocycles. The van der Waals surface area contributed by atoms with Crippen LogP contribution >= 0.6 is 0 Å². The number of esters is 1. The number of hydrogen-bond donors (Lipinski definition) is 1. The zero-order chi connectivity index (χ0) is 14.8. The van der Waals surface area contributed by atoms with Gasteiger partial charge in [-0.25, -0.2) is 0 Å². The molecule has 0 aromatic carbocycles. The average Bonchev–Trinajstić information content (AvgIpc) is 2.44. The van der Waals surface area contributed by atoms with E-state index in [0.717, 1.165) is 12.8 Å². The van der Waals surface area contributed by atoms with Crippen molar-refractivity contribution >= 4 is 18.0 Å². The number of carbonyl (C=O) groups is 2. The maximum absolute atomic E-state index is 12.4. The fraction of sp³-hybridized carbons (Fsp3) is 0.600. The summed E-state index contributed by atoms with van der Waals surface area (Å²) in [4.78, 5) is 35.1. The van der Waals surface area contributed by atoms with Crippen LogP contribution in [0.4, 0.5) is 0 Å². The predicted octanol–water partition coefficient (Wildman–Crippen LogP) is 0.908. The molecule has 0 spiro atoms. The van der Waals surface area contributed by atoms with Crippen LogP contribution in [0.5, 0.6) is 0 Å². The smallest absolute Gasteiger partial charge is 0.541 e. The van der Waals surface area contributed by atoms with Gasteiger partial charge in [-0.05, 0) is 31.3 Å². The van der Waals surface area contributed by atoms with Crippen LogP contribution in [0.15, 0.2) is 12.2 Å². The van der Waals surface area contributed by atoms with Gasteiger partial charge < -0.3 is 19.4 Å². The van der Waals surface area contributed by atoms with Crippen LogP contribution in [0.1, 0.15) is 32.6 Å². The second kappa shape index (κ2) is 7.25. The Balaban J connectivity index is 0.00000220. The number of Topliss-reactive ketones (excluding diaryl/α,β-unsaturated/α-hetero) is 1. The van der Waals surface area contributed by atoms with Gasteiger partial charge in [0, 0.05) is 18.3 Å². The summed E-state index contributed by atoms with van der Waals surface area (Å²) in [7, 11) is 0. The van der Waals surface area contributed by atoms with Gasteiger partial charge in [0.05, 0.1) is 0 Å². The van der Waals surface area contributed by atoms with Crippen molar-refractivity contribution in [2.75, 3.05) is 6.61 Å². The number of aliphatic hydroxyl groups is 1. The normalized spacial score (nSPS) is 29.0. The summed E-state index contributed by atoms with van der Waals surface area (Å²) < 4.78 is 5.06. The van der Waals surface area contributed by atoms with Crippen LogP contribution < -0.4 is 0 Å². The monoisotopic (exact) mass is 333 g/mol. The molecule has 1 radical (unpaired) electrons. The Morgan fingerprint density at radius 1 is 1.67 bits per heavy atom. The van der Waals surface area contributed by atoms with Crippen LogP contribution in [-0.4, -0.2) is 35.4 Å². The van der Waals surface area contributed by atoms with E-state index >= 15 is 0 Å². The molecular formula is C15H18MnO5. The maximum Gasteiger partial charge on any atom is 2.00 e. The molecule has 115 valence electrons. The minimum Gasteiger partial charge on any atom is -0.541 e. The number of ether oxygens (including phenoxy) is 1. The molecule has 6 heteroatoms. The molecule has 0 saturated carbocycles. The van der Waals surface area contributed by atoms with Crippen LogP contribution in [0, 0.1) is 17.8 Å². The van der Waals surface area contributed by atoms with Crippen molar-refractivity contribution in [1.82, 2.24) is 0 Å². The zero-order valence-electron chi connectivity index (χ0n) is 11.8. The second-order valence-corrected chi connectivity index (χ2v) is 5.38. The number of rotatable bonds is 6. The molecule has 0 aromatic rings. The molecule has 1 fully saturated rings. The van der Waals surface area contributed by atoms with Crippen molar-refractivity contribution in [3.05, 3.63) is 18.1 Å². The molecule has 1 N–H and O–H groups in total. The Morgan fingerprint density at radius 2 is 2.38 bits per heavy atom. The largest absolute Gasteiger partial charge is 2.00 e. The quantitative estimate of drug-likeness (QED) is 0.338. The molecule has 0 amide bonds. The van der Waals surface area contributed by atoms with E-state index in [1.807, 2.05) is 12.2 Å². The van der Waals surface area contributed by atoms with Crippen molar-refractivity contribution in [2.24, 2.45) is 11.8 Å². The summed E-state index contributed by atoms with van der Waals surface area (Å²) in [5, 5.41) is 8.97. The first-order valence-electron chi connectivity index (χ1n) is 6.84. The third-order valence-corrected chi connectivity index (χ3v) is 4.07. The number of ketones is 1. The van der Waals surface area contributed by atoms with Crippen LogP contribution in [-0.2, 0) is 36.2 Å². The van der Waals surface area contributed by atoms with E-state index in [9.17, 15) is 14.4 Å². The minimum absolute atomic E-state index is 0. The van der Waals surface area contributed by atoms with E-state index in [0.29, 0.717) is 6.42 Å². The minimum atomic E-state index is -1.25. The van der Waals surface area contributed by atoms with Gasteiger partial charge in [0.25, 0.3) is 0 Å². The number of carbonyl (C=O) groups excluding carboxylic acids is 3. The summed E-state index contributed by atoms with van der Waals surface area (Å²) in [6.45, 7) is 1.32. The Bertz CT molecular complexity index is 447.